The maximum atomic E-state index is 13.9. The molecule has 0 saturated carbocycles. The fourth-order valence-corrected chi connectivity index (χ4v) is 5.98. The second-order valence-corrected chi connectivity index (χ2v) is 10.8. The van der Waals surface area contributed by atoms with Gasteiger partial charge < -0.3 is 34.2 Å². The number of hydrogen-bond acceptors (Lipinski definition) is 8. The van der Waals surface area contributed by atoms with Gasteiger partial charge in [-0.3, -0.25) is 19.2 Å². The highest BCUT2D eigenvalue weighted by Crippen LogP contribution is 2.41. The fourth-order valence-electron chi connectivity index (χ4n) is 5.98. The Bertz CT molecular complexity index is 1610. The molecule has 0 radical (unpaired) electrons. The van der Waals surface area contributed by atoms with Crippen molar-refractivity contribution in [3.8, 4) is 17.2 Å². The lowest BCUT2D eigenvalue weighted by atomic mass is 9.84. The van der Waals surface area contributed by atoms with Gasteiger partial charge >= 0.3 is 0 Å². The molecule has 0 saturated heterocycles. The average molecular weight is 588 g/mol. The van der Waals surface area contributed by atoms with E-state index in [4.69, 9.17) is 18.6 Å². The number of ether oxygens (including phenoxy) is 3. The van der Waals surface area contributed by atoms with Gasteiger partial charge in [0.15, 0.2) is 17.3 Å². The Balaban J connectivity index is 1.33. The standard InChI is InChI=1S/C32H33N3O8/c1-18-30(31-24(36)4-3-5-26(31)43-18)32(39)35-11-13-42-27-14-19(6-9-25(27)40-2)22-16-28(37)34-23-15-20(7-8-21(22)23)41-12-10-33-29(38)17-35/h6-9,14-15,22H,3-5,10-13,16-17H2,1-2H3,(H,33,38)(H,34,37). The monoisotopic (exact) mass is 587 g/mol. The summed E-state index contributed by atoms with van der Waals surface area (Å²) >= 11 is 0. The zero-order chi connectivity index (χ0) is 30.1. The van der Waals surface area contributed by atoms with Gasteiger partial charge in [0.05, 0.1) is 37.9 Å². The highest BCUT2D eigenvalue weighted by Gasteiger charge is 2.33. The molecule has 11 nitrogen and oxygen atoms in total. The molecular weight excluding hydrogens is 554 g/mol. The molecule has 2 aromatic carbocycles. The van der Waals surface area contributed by atoms with Gasteiger partial charge in [0.25, 0.3) is 5.91 Å². The number of amides is 3. The molecular formula is C32H33N3O8. The van der Waals surface area contributed by atoms with Crippen LogP contribution in [0.4, 0.5) is 5.69 Å². The third-order valence-electron chi connectivity index (χ3n) is 8.04. The van der Waals surface area contributed by atoms with Crippen LogP contribution in [0.1, 0.15) is 68.5 Å². The molecule has 3 amide bonds. The third kappa shape index (κ3) is 5.67. The Morgan fingerprint density at radius 1 is 1.02 bits per heavy atom. The van der Waals surface area contributed by atoms with Crippen LogP contribution in [0.3, 0.4) is 0 Å². The number of carbonyl (C=O) groups excluding carboxylic acids is 4. The van der Waals surface area contributed by atoms with Crippen LogP contribution >= 0.6 is 0 Å². The molecule has 224 valence electrons. The second-order valence-electron chi connectivity index (χ2n) is 10.8. The Labute approximate surface area is 248 Å². The van der Waals surface area contributed by atoms with Crippen molar-refractivity contribution in [2.75, 3.05) is 45.3 Å². The van der Waals surface area contributed by atoms with Gasteiger partial charge in [0.2, 0.25) is 11.8 Å². The van der Waals surface area contributed by atoms with Crippen LogP contribution in [0, 0.1) is 6.92 Å². The Morgan fingerprint density at radius 3 is 2.72 bits per heavy atom. The van der Waals surface area contributed by atoms with Crippen LogP contribution in [-0.2, 0) is 16.0 Å². The van der Waals surface area contributed by atoms with Crippen LogP contribution in [0.15, 0.2) is 40.8 Å². The van der Waals surface area contributed by atoms with E-state index in [2.05, 4.69) is 10.6 Å². The summed E-state index contributed by atoms with van der Waals surface area (Å²) in [6, 6.07) is 11.1. The van der Waals surface area contributed by atoms with E-state index in [9.17, 15) is 19.2 Å². The van der Waals surface area contributed by atoms with E-state index in [1.54, 1.807) is 19.1 Å². The normalized spacial score (nSPS) is 18.8. The summed E-state index contributed by atoms with van der Waals surface area (Å²) in [4.78, 5) is 53.7. The molecule has 6 bridgehead atoms. The number of nitrogens with zero attached hydrogens (tertiary/aromatic N) is 1. The second kappa shape index (κ2) is 11.8. The number of nitrogens with one attached hydrogen (secondary N) is 2. The zero-order valence-electron chi connectivity index (χ0n) is 24.1. The molecule has 4 aliphatic rings. The van der Waals surface area contributed by atoms with Crippen LogP contribution in [-0.4, -0.2) is 68.4 Å². The van der Waals surface area contributed by atoms with E-state index in [1.807, 2.05) is 24.3 Å². The Hall–Kier alpha value is -4.80. The summed E-state index contributed by atoms with van der Waals surface area (Å²) in [7, 11) is 1.53. The predicted octanol–water partition coefficient (Wildman–Crippen LogP) is 3.62. The Morgan fingerprint density at radius 2 is 1.88 bits per heavy atom. The average Bonchev–Trinajstić information content (AvgIpc) is 3.34. The SMILES string of the molecule is COc1ccc2cc1OCCN(C(=O)c1c(C)oc3c1C(=O)CCC3)CC(=O)NCCOc1ccc3c(c1)NC(=O)CC23. The van der Waals surface area contributed by atoms with Gasteiger partial charge in [-0.05, 0) is 42.7 Å². The summed E-state index contributed by atoms with van der Waals surface area (Å²) in [6.45, 7) is 1.89. The molecule has 7 rings (SSSR count). The highest BCUT2D eigenvalue weighted by atomic mass is 16.5. The molecule has 1 aromatic heterocycles. The van der Waals surface area contributed by atoms with E-state index in [1.165, 1.54) is 12.0 Å². The van der Waals surface area contributed by atoms with Crippen molar-refractivity contribution in [2.24, 2.45) is 0 Å². The minimum Gasteiger partial charge on any atom is -0.493 e. The summed E-state index contributed by atoms with van der Waals surface area (Å²) in [6.07, 6.45) is 1.87. The van der Waals surface area contributed by atoms with E-state index in [-0.39, 0.29) is 68.3 Å². The number of benzene rings is 2. The van der Waals surface area contributed by atoms with Gasteiger partial charge in [-0.2, -0.15) is 0 Å². The number of aryl methyl sites for hydroxylation is 2. The molecule has 0 spiro atoms. The van der Waals surface area contributed by atoms with E-state index in [0.29, 0.717) is 59.3 Å². The number of hydrogen-bond donors (Lipinski definition) is 2. The summed E-state index contributed by atoms with van der Waals surface area (Å²) in [5.74, 6) is 1.04. The van der Waals surface area contributed by atoms with E-state index in [0.717, 1.165) is 11.1 Å². The first kappa shape index (κ1) is 28.3. The van der Waals surface area contributed by atoms with Gasteiger partial charge in [0, 0.05) is 36.9 Å². The summed E-state index contributed by atoms with van der Waals surface area (Å²) in [5.41, 5.74) is 3.01. The fraction of sp³-hybridized carbons (Fsp3) is 0.375. The van der Waals surface area contributed by atoms with Gasteiger partial charge in [-0.1, -0.05) is 12.1 Å². The highest BCUT2D eigenvalue weighted by molar-refractivity contribution is 6.10. The number of carbonyl (C=O) groups is 4. The molecule has 3 aromatic rings. The van der Waals surface area contributed by atoms with Crippen molar-refractivity contribution < 1.29 is 37.8 Å². The molecule has 1 aliphatic carbocycles. The zero-order valence-corrected chi connectivity index (χ0v) is 24.1. The van der Waals surface area contributed by atoms with Gasteiger partial charge in [-0.15, -0.1) is 0 Å². The largest absolute Gasteiger partial charge is 0.493 e. The van der Waals surface area contributed by atoms with Crippen LogP contribution in [0.5, 0.6) is 17.2 Å². The van der Waals surface area contributed by atoms with Crippen molar-refractivity contribution in [3.05, 3.63) is 70.2 Å². The minimum absolute atomic E-state index is 0.0417. The Kier molecular flexibility index (Phi) is 7.79. The van der Waals surface area contributed by atoms with Crippen molar-refractivity contribution in [3.63, 3.8) is 0 Å². The van der Waals surface area contributed by atoms with Crippen LogP contribution < -0.4 is 24.8 Å². The van der Waals surface area contributed by atoms with Gasteiger partial charge in [-0.25, -0.2) is 0 Å². The molecule has 11 heteroatoms. The number of fused-ring (bicyclic) bond motifs is 11. The number of anilines is 1. The third-order valence-corrected chi connectivity index (χ3v) is 8.04. The number of rotatable bonds is 2. The van der Waals surface area contributed by atoms with Crippen LogP contribution in [0.25, 0.3) is 0 Å². The lowest BCUT2D eigenvalue weighted by Crippen LogP contribution is -2.44. The molecule has 4 heterocycles. The smallest absolute Gasteiger partial charge is 0.258 e. The first-order valence-corrected chi connectivity index (χ1v) is 14.4. The summed E-state index contributed by atoms with van der Waals surface area (Å²) < 4.78 is 23.3. The predicted molar refractivity (Wildman–Crippen MR) is 155 cm³/mol. The molecule has 43 heavy (non-hydrogen) atoms. The van der Waals surface area contributed by atoms with E-state index >= 15 is 0 Å². The molecule has 2 N–H and O–H groups in total. The number of furan rings is 1. The number of ketones is 1. The first-order chi connectivity index (χ1) is 20.8. The maximum absolute atomic E-state index is 13.9. The summed E-state index contributed by atoms with van der Waals surface area (Å²) in [5, 5.41) is 5.72. The molecule has 1 atom stereocenters. The molecule has 0 fully saturated rings. The molecule has 1 unspecified atom stereocenters. The maximum Gasteiger partial charge on any atom is 0.258 e. The van der Waals surface area contributed by atoms with Gasteiger partial charge in [0.1, 0.15) is 30.5 Å². The minimum atomic E-state index is -0.469. The van der Waals surface area contributed by atoms with E-state index < -0.39 is 5.91 Å². The number of Topliss-reactive ketones (excluding diaryl/α,β-unsaturated/α-hetero) is 1. The lowest BCUT2D eigenvalue weighted by Gasteiger charge is -2.27. The molecule has 3 aliphatic heterocycles. The van der Waals surface area contributed by atoms with Crippen molar-refractivity contribution in [1.82, 2.24) is 10.2 Å². The van der Waals surface area contributed by atoms with Crippen LogP contribution in [0.2, 0.25) is 0 Å². The lowest BCUT2D eigenvalue weighted by molar-refractivity contribution is -0.122. The first-order valence-electron chi connectivity index (χ1n) is 14.4. The van der Waals surface area contributed by atoms with Crippen molar-refractivity contribution in [1.29, 1.82) is 0 Å². The number of methoxy groups -OCH3 is 1. The topological polar surface area (TPSA) is 136 Å². The quantitative estimate of drug-likeness (QED) is 0.434. The van der Waals surface area contributed by atoms with Crippen molar-refractivity contribution >= 4 is 29.2 Å². The van der Waals surface area contributed by atoms with Crippen molar-refractivity contribution in [2.45, 2.75) is 38.5 Å².